The lowest BCUT2D eigenvalue weighted by Gasteiger charge is -2.17. The van der Waals surface area contributed by atoms with E-state index in [9.17, 15) is 0 Å². The molecule has 1 aliphatic carbocycles. The fourth-order valence-corrected chi connectivity index (χ4v) is 2.83. The fourth-order valence-electron chi connectivity index (χ4n) is 2.34. The first-order valence-corrected chi connectivity index (χ1v) is 7.21. The van der Waals surface area contributed by atoms with Crippen LogP contribution in [0.4, 0.5) is 5.69 Å². The van der Waals surface area contributed by atoms with Gasteiger partial charge in [-0.2, -0.15) is 0 Å². The maximum atomic E-state index is 6.00. The van der Waals surface area contributed by atoms with Gasteiger partial charge in [0.05, 0.1) is 12.7 Å². The van der Waals surface area contributed by atoms with Crippen LogP contribution in [0.5, 0.6) is 0 Å². The Bertz CT molecular complexity index is 339. The summed E-state index contributed by atoms with van der Waals surface area (Å²) >= 11 is 3.53. The number of halogens is 1. The van der Waals surface area contributed by atoms with Crippen molar-refractivity contribution < 1.29 is 4.74 Å². The van der Waals surface area contributed by atoms with Gasteiger partial charge in [0.2, 0.25) is 0 Å². The van der Waals surface area contributed by atoms with Crippen molar-refractivity contribution in [3.05, 3.63) is 28.2 Å². The number of nitrogens with two attached hydrogens (primary N) is 1. The number of hydrogen-bond donors (Lipinski definition) is 1. The van der Waals surface area contributed by atoms with Crippen molar-refractivity contribution in [2.24, 2.45) is 0 Å². The van der Waals surface area contributed by atoms with Gasteiger partial charge in [-0.3, -0.25) is 0 Å². The van der Waals surface area contributed by atoms with Crippen molar-refractivity contribution >= 4 is 21.6 Å². The molecule has 0 heterocycles. The Hall–Kier alpha value is -0.540. The molecule has 3 heteroatoms. The van der Waals surface area contributed by atoms with Crippen molar-refractivity contribution in [3.63, 3.8) is 0 Å². The van der Waals surface area contributed by atoms with E-state index in [1.165, 1.54) is 38.5 Å². The summed E-state index contributed by atoms with van der Waals surface area (Å²) in [6.45, 7) is 0.623. The highest BCUT2D eigenvalue weighted by atomic mass is 79.9. The summed E-state index contributed by atoms with van der Waals surface area (Å²) in [5.74, 6) is 0. The second kappa shape index (κ2) is 6.41. The Morgan fingerprint density at radius 3 is 2.53 bits per heavy atom. The van der Waals surface area contributed by atoms with Gasteiger partial charge in [-0.1, -0.05) is 47.7 Å². The van der Waals surface area contributed by atoms with Crippen molar-refractivity contribution in [3.8, 4) is 0 Å². The molecule has 0 atom stereocenters. The molecule has 1 saturated carbocycles. The first-order valence-electron chi connectivity index (χ1n) is 6.42. The van der Waals surface area contributed by atoms with E-state index in [0.717, 1.165) is 15.7 Å². The normalized spacial score (nSPS) is 17.9. The molecule has 0 radical (unpaired) electrons. The Morgan fingerprint density at radius 2 is 1.88 bits per heavy atom. The predicted molar refractivity (Wildman–Crippen MR) is 74.8 cm³/mol. The second-order valence-electron chi connectivity index (χ2n) is 4.73. The first-order chi connectivity index (χ1) is 8.27. The highest BCUT2D eigenvalue weighted by molar-refractivity contribution is 9.10. The summed E-state index contributed by atoms with van der Waals surface area (Å²) in [7, 11) is 0. The van der Waals surface area contributed by atoms with Crippen LogP contribution >= 0.6 is 15.9 Å². The molecule has 2 rings (SSSR count). The van der Waals surface area contributed by atoms with Gasteiger partial charge >= 0.3 is 0 Å². The number of anilines is 1. The van der Waals surface area contributed by atoms with E-state index < -0.39 is 0 Å². The summed E-state index contributed by atoms with van der Waals surface area (Å²) < 4.78 is 7.05. The van der Waals surface area contributed by atoms with Crippen LogP contribution < -0.4 is 5.73 Å². The lowest BCUT2D eigenvalue weighted by Crippen LogP contribution is -2.12. The minimum absolute atomic E-state index is 0.420. The molecule has 0 unspecified atom stereocenters. The van der Waals surface area contributed by atoms with E-state index in [4.69, 9.17) is 10.5 Å². The van der Waals surface area contributed by atoms with Gasteiger partial charge in [0, 0.05) is 15.7 Å². The number of ether oxygens (including phenoxy) is 1. The summed E-state index contributed by atoms with van der Waals surface area (Å²) in [5, 5.41) is 0. The van der Waals surface area contributed by atoms with E-state index in [1.807, 2.05) is 18.2 Å². The van der Waals surface area contributed by atoms with Gasteiger partial charge in [0.15, 0.2) is 0 Å². The molecule has 0 bridgehead atoms. The smallest absolute Gasteiger partial charge is 0.0751 e. The lowest BCUT2D eigenvalue weighted by molar-refractivity contribution is 0.0310. The zero-order valence-electron chi connectivity index (χ0n) is 10.1. The minimum Gasteiger partial charge on any atom is -0.398 e. The first kappa shape index (κ1) is 12.9. The maximum absolute atomic E-state index is 6.00. The minimum atomic E-state index is 0.420. The van der Waals surface area contributed by atoms with Crippen LogP contribution in [0.25, 0.3) is 0 Å². The molecule has 2 nitrogen and oxygen atoms in total. The summed E-state index contributed by atoms with van der Waals surface area (Å²) in [5.41, 5.74) is 7.85. The molecule has 1 aliphatic rings. The van der Waals surface area contributed by atoms with E-state index >= 15 is 0 Å². The van der Waals surface area contributed by atoms with Gasteiger partial charge in [0.25, 0.3) is 0 Å². The molecule has 2 N–H and O–H groups in total. The number of benzene rings is 1. The van der Waals surface area contributed by atoms with E-state index in [-0.39, 0.29) is 0 Å². The van der Waals surface area contributed by atoms with Crippen molar-refractivity contribution in [1.82, 2.24) is 0 Å². The maximum Gasteiger partial charge on any atom is 0.0751 e. The molecule has 94 valence electrons. The monoisotopic (exact) mass is 297 g/mol. The molecule has 1 aromatic carbocycles. The van der Waals surface area contributed by atoms with Crippen LogP contribution in [-0.2, 0) is 11.3 Å². The van der Waals surface area contributed by atoms with Gasteiger partial charge in [-0.05, 0) is 25.0 Å². The van der Waals surface area contributed by atoms with E-state index in [0.29, 0.717) is 12.7 Å². The topological polar surface area (TPSA) is 35.2 Å². The Labute approximate surface area is 112 Å². The molecule has 0 amide bonds. The summed E-state index contributed by atoms with van der Waals surface area (Å²) in [6, 6.07) is 5.90. The molecule has 0 aliphatic heterocycles. The number of rotatable bonds is 3. The van der Waals surface area contributed by atoms with Crippen molar-refractivity contribution in [2.75, 3.05) is 5.73 Å². The highest BCUT2D eigenvalue weighted by Crippen LogP contribution is 2.26. The van der Waals surface area contributed by atoms with Crippen LogP contribution in [0.15, 0.2) is 22.7 Å². The number of nitrogen functional groups attached to an aromatic ring is 1. The third-order valence-electron chi connectivity index (χ3n) is 3.42. The van der Waals surface area contributed by atoms with Gasteiger partial charge in [0.1, 0.15) is 0 Å². The van der Waals surface area contributed by atoms with Crippen molar-refractivity contribution in [2.45, 2.75) is 51.2 Å². The van der Waals surface area contributed by atoms with Gasteiger partial charge < -0.3 is 10.5 Å². The standard InChI is InChI=1S/C14H20BrNO/c15-13-8-5-9-14(16)12(13)10-17-11-6-3-1-2-4-7-11/h5,8-9,11H,1-4,6-7,10,16H2. The molecule has 0 aromatic heterocycles. The summed E-state index contributed by atoms with van der Waals surface area (Å²) in [4.78, 5) is 0. The number of hydrogen-bond acceptors (Lipinski definition) is 2. The van der Waals surface area contributed by atoms with Gasteiger partial charge in [-0.15, -0.1) is 0 Å². The van der Waals surface area contributed by atoms with Crippen molar-refractivity contribution in [1.29, 1.82) is 0 Å². The third-order valence-corrected chi connectivity index (χ3v) is 4.16. The largest absolute Gasteiger partial charge is 0.398 e. The van der Waals surface area contributed by atoms with Crippen LogP contribution in [0, 0.1) is 0 Å². The van der Waals surface area contributed by atoms with E-state index in [1.54, 1.807) is 0 Å². The highest BCUT2D eigenvalue weighted by Gasteiger charge is 2.14. The molecular formula is C14H20BrNO. The molecule has 17 heavy (non-hydrogen) atoms. The third kappa shape index (κ3) is 3.71. The van der Waals surface area contributed by atoms with Crippen LogP contribution in [0.2, 0.25) is 0 Å². The van der Waals surface area contributed by atoms with Crippen LogP contribution in [-0.4, -0.2) is 6.10 Å². The quantitative estimate of drug-likeness (QED) is 0.668. The Kier molecular flexibility index (Phi) is 4.86. The molecule has 0 spiro atoms. The molecule has 1 fully saturated rings. The molecule has 0 saturated heterocycles. The average Bonchev–Trinajstić information content (AvgIpc) is 2.57. The van der Waals surface area contributed by atoms with Crippen LogP contribution in [0.1, 0.15) is 44.1 Å². The molecule has 1 aromatic rings. The SMILES string of the molecule is Nc1cccc(Br)c1COC1CCCCCC1. The zero-order valence-corrected chi connectivity index (χ0v) is 11.7. The average molecular weight is 298 g/mol. The Morgan fingerprint density at radius 1 is 1.18 bits per heavy atom. The fraction of sp³-hybridized carbons (Fsp3) is 0.571. The van der Waals surface area contributed by atoms with E-state index in [2.05, 4.69) is 15.9 Å². The zero-order chi connectivity index (χ0) is 12.1. The summed E-state index contributed by atoms with van der Waals surface area (Å²) in [6.07, 6.45) is 8.14. The Balaban J connectivity index is 1.92. The lowest BCUT2D eigenvalue weighted by atomic mass is 10.1. The van der Waals surface area contributed by atoms with Gasteiger partial charge in [-0.25, -0.2) is 0 Å². The molecular weight excluding hydrogens is 278 g/mol. The second-order valence-corrected chi connectivity index (χ2v) is 5.59. The predicted octanol–water partition coefficient (Wildman–Crippen LogP) is 4.27. The van der Waals surface area contributed by atoms with Crippen LogP contribution in [0.3, 0.4) is 0 Å².